The largest absolute Gasteiger partial charge is 0.457 e. The lowest BCUT2D eigenvalue weighted by Gasteiger charge is -2.04. The van der Waals surface area contributed by atoms with Gasteiger partial charge in [0.05, 0.1) is 0 Å². The molecule has 6 heteroatoms. The molecule has 102 valence electrons. The average molecular weight is 319 g/mol. The van der Waals surface area contributed by atoms with E-state index in [0.717, 1.165) is 11.5 Å². The minimum atomic E-state index is -3.72. The van der Waals surface area contributed by atoms with Gasteiger partial charge in [0.1, 0.15) is 11.5 Å². The first-order valence-corrected chi connectivity index (χ1v) is 8.42. The number of benzene rings is 2. The van der Waals surface area contributed by atoms with Crippen LogP contribution in [0.3, 0.4) is 0 Å². The molecular weight excluding hydrogens is 307 g/mol. The molecule has 3 nitrogen and oxygen atoms in total. The van der Waals surface area contributed by atoms with Crippen molar-refractivity contribution in [2.75, 3.05) is 0 Å². The Labute approximate surface area is 121 Å². The van der Waals surface area contributed by atoms with E-state index in [1.165, 1.54) is 5.56 Å². The van der Waals surface area contributed by atoms with Gasteiger partial charge in [-0.1, -0.05) is 35.9 Å². The Morgan fingerprint density at radius 1 is 0.842 bits per heavy atom. The monoisotopic (exact) mass is 318 g/mol. The summed E-state index contributed by atoms with van der Waals surface area (Å²) < 4.78 is 24.0. The highest BCUT2D eigenvalue weighted by molar-refractivity contribution is 8.31. The van der Waals surface area contributed by atoms with Gasteiger partial charge in [0.2, 0.25) is 0 Å². The van der Waals surface area contributed by atoms with E-state index in [1.807, 2.05) is 54.6 Å². The van der Waals surface area contributed by atoms with Crippen molar-refractivity contribution in [1.82, 2.24) is 0 Å². The standard InChI is InChI=1S/C13H12O.Cl2O2S/c1-11-7-9-13(10-8-11)14-12-5-3-2-4-6-12;1-5(2,3)4/h2-10H,1H3;. The number of hydrogen-bond donors (Lipinski definition) is 0. The van der Waals surface area contributed by atoms with Gasteiger partial charge in [0.15, 0.2) is 0 Å². The molecule has 2 aromatic rings. The summed E-state index contributed by atoms with van der Waals surface area (Å²) in [5.74, 6) is 1.75. The molecule has 0 aliphatic rings. The Morgan fingerprint density at radius 2 is 1.26 bits per heavy atom. The summed E-state index contributed by atoms with van der Waals surface area (Å²) in [6, 6.07) is 17.8. The second-order valence-electron chi connectivity index (χ2n) is 3.61. The Kier molecular flexibility index (Phi) is 6.15. The second kappa shape index (κ2) is 7.38. The molecule has 0 unspecified atom stereocenters. The summed E-state index contributed by atoms with van der Waals surface area (Å²) in [4.78, 5) is 0. The third kappa shape index (κ3) is 8.48. The normalized spacial score (nSPS) is 10.3. The van der Waals surface area contributed by atoms with Gasteiger partial charge in [-0.25, -0.2) is 0 Å². The van der Waals surface area contributed by atoms with Crippen LogP contribution in [0.5, 0.6) is 11.5 Å². The van der Waals surface area contributed by atoms with Crippen LogP contribution in [0.25, 0.3) is 0 Å². The molecule has 0 aliphatic heterocycles. The second-order valence-corrected chi connectivity index (χ2v) is 7.27. The topological polar surface area (TPSA) is 43.4 Å². The first-order valence-electron chi connectivity index (χ1n) is 5.28. The summed E-state index contributed by atoms with van der Waals surface area (Å²) in [7, 11) is 4.81. The highest BCUT2D eigenvalue weighted by atomic mass is 36.0. The third-order valence-corrected chi connectivity index (χ3v) is 2.00. The van der Waals surface area contributed by atoms with Crippen LogP contribution in [0.4, 0.5) is 0 Å². The van der Waals surface area contributed by atoms with E-state index < -0.39 is 8.26 Å². The Hall–Kier alpha value is -1.23. The molecular formula is C13H12Cl2O3S. The lowest BCUT2D eigenvalue weighted by atomic mass is 10.2. The molecule has 0 saturated heterocycles. The van der Waals surface area contributed by atoms with Crippen molar-refractivity contribution in [3.05, 3.63) is 60.2 Å². The van der Waals surface area contributed by atoms with Gasteiger partial charge in [-0.15, -0.1) is 0 Å². The maximum Gasteiger partial charge on any atom is 0.317 e. The van der Waals surface area contributed by atoms with Gasteiger partial charge in [-0.3, -0.25) is 0 Å². The minimum Gasteiger partial charge on any atom is -0.457 e. The number of halogens is 2. The summed E-state index contributed by atoms with van der Waals surface area (Å²) >= 11 is 0. The van der Waals surface area contributed by atoms with Crippen molar-refractivity contribution >= 4 is 29.6 Å². The Balaban J connectivity index is 0.000000312. The fourth-order valence-corrected chi connectivity index (χ4v) is 1.23. The first-order chi connectivity index (χ1) is 8.84. The zero-order valence-corrected chi connectivity index (χ0v) is 12.4. The van der Waals surface area contributed by atoms with Crippen LogP contribution in [0.1, 0.15) is 5.56 Å². The summed E-state index contributed by atoms with van der Waals surface area (Å²) in [6.45, 7) is 2.06. The minimum absolute atomic E-state index is 0.872. The van der Waals surface area contributed by atoms with Gasteiger partial charge < -0.3 is 4.74 Å². The molecule has 0 saturated carbocycles. The lowest BCUT2D eigenvalue weighted by Crippen LogP contribution is -1.82. The van der Waals surface area contributed by atoms with E-state index >= 15 is 0 Å². The Morgan fingerprint density at radius 3 is 1.74 bits per heavy atom. The smallest absolute Gasteiger partial charge is 0.317 e. The maximum absolute atomic E-state index is 9.16. The SMILES string of the molecule is Cc1ccc(Oc2ccccc2)cc1.O=S(=O)(Cl)Cl. The van der Waals surface area contributed by atoms with Gasteiger partial charge in [-0.05, 0) is 31.2 Å². The molecule has 0 aliphatic carbocycles. The van der Waals surface area contributed by atoms with Crippen LogP contribution in [-0.2, 0) is 8.26 Å². The van der Waals surface area contributed by atoms with E-state index in [4.69, 9.17) is 13.2 Å². The van der Waals surface area contributed by atoms with Crippen LogP contribution in [0.2, 0.25) is 0 Å². The van der Waals surface area contributed by atoms with E-state index in [9.17, 15) is 0 Å². The fourth-order valence-electron chi connectivity index (χ4n) is 1.23. The number of ether oxygens (including phenoxy) is 1. The van der Waals surface area contributed by atoms with E-state index in [-0.39, 0.29) is 0 Å². The number of rotatable bonds is 2. The van der Waals surface area contributed by atoms with Crippen LogP contribution < -0.4 is 4.74 Å². The predicted molar refractivity (Wildman–Crippen MR) is 78.3 cm³/mol. The van der Waals surface area contributed by atoms with Gasteiger partial charge in [-0.2, -0.15) is 8.42 Å². The van der Waals surface area contributed by atoms with Crippen LogP contribution in [-0.4, -0.2) is 8.42 Å². The summed E-state index contributed by atoms with van der Waals surface area (Å²) in [5.41, 5.74) is 1.24. The zero-order valence-electron chi connectivity index (χ0n) is 10.1. The van der Waals surface area contributed by atoms with Gasteiger partial charge >= 0.3 is 8.26 Å². The molecule has 0 atom stereocenters. The molecule has 0 radical (unpaired) electrons. The average Bonchev–Trinajstić information content (AvgIpc) is 2.31. The van der Waals surface area contributed by atoms with Crippen molar-refractivity contribution in [3.63, 3.8) is 0 Å². The molecule has 19 heavy (non-hydrogen) atoms. The fraction of sp³-hybridized carbons (Fsp3) is 0.0769. The van der Waals surface area contributed by atoms with Crippen molar-refractivity contribution in [1.29, 1.82) is 0 Å². The van der Waals surface area contributed by atoms with Crippen molar-refractivity contribution in [3.8, 4) is 11.5 Å². The highest BCUT2D eigenvalue weighted by Crippen LogP contribution is 2.20. The molecule has 0 heterocycles. The molecule has 2 rings (SSSR count). The molecule has 0 fully saturated rings. The van der Waals surface area contributed by atoms with E-state index in [2.05, 4.69) is 28.3 Å². The number of hydrogen-bond acceptors (Lipinski definition) is 3. The van der Waals surface area contributed by atoms with Crippen molar-refractivity contribution in [2.45, 2.75) is 6.92 Å². The van der Waals surface area contributed by atoms with Crippen LogP contribution >= 0.6 is 21.4 Å². The van der Waals surface area contributed by atoms with Gasteiger partial charge in [0.25, 0.3) is 0 Å². The zero-order chi connectivity index (χ0) is 14.3. The molecule has 0 aromatic heterocycles. The van der Waals surface area contributed by atoms with E-state index in [0.29, 0.717) is 0 Å². The van der Waals surface area contributed by atoms with E-state index in [1.54, 1.807) is 0 Å². The van der Waals surface area contributed by atoms with Crippen LogP contribution in [0.15, 0.2) is 54.6 Å². The maximum atomic E-state index is 9.16. The summed E-state index contributed by atoms with van der Waals surface area (Å²) in [6.07, 6.45) is 0. The highest BCUT2D eigenvalue weighted by Gasteiger charge is 1.94. The summed E-state index contributed by atoms with van der Waals surface area (Å²) in [5, 5.41) is 0. The first kappa shape index (κ1) is 15.8. The molecule has 0 bridgehead atoms. The Bertz CT molecular complexity index is 588. The third-order valence-electron chi connectivity index (χ3n) is 2.00. The number of para-hydroxylation sites is 1. The number of aryl methyl sites for hydroxylation is 1. The van der Waals surface area contributed by atoms with Crippen molar-refractivity contribution < 1.29 is 13.2 Å². The quantitative estimate of drug-likeness (QED) is 0.766. The van der Waals surface area contributed by atoms with Crippen molar-refractivity contribution in [2.24, 2.45) is 0 Å². The molecule has 0 spiro atoms. The lowest BCUT2D eigenvalue weighted by molar-refractivity contribution is 0.482. The molecule has 2 aromatic carbocycles. The van der Waals surface area contributed by atoms with Gasteiger partial charge in [0, 0.05) is 21.4 Å². The molecule has 0 amide bonds. The van der Waals surface area contributed by atoms with Crippen LogP contribution in [0, 0.1) is 6.92 Å². The molecule has 0 N–H and O–H groups in total. The predicted octanol–water partition coefficient (Wildman–Crippen LogP) is 4.50.